The molecule has 1 aromatic carbocycles. The Bertz CT molecular complexity index is 411. The van der Waals surface area contributed by atoms with Gasteiger partial charge in [-0.3, -0.25) is 0 Å². The molecule has 1 aliphatic rings. The van der Waals surface area contributed by atoms with E-state index in [9.17, 15) is 13.9 Å². The van der Waals surface area contributed by atoms with Crippen molar-refractivity contribution in [1.82, 2.24) is 0 Å². The van der Waals surface area contributed by atoms with Crippen molar-refractivity contribution in [2.24, 2.45) is 11.7 Å². The van der Waals surface area contributed by atoms with Crippen LogP contribution in [0.3, 0.4) is 0 Å². The first kappa shape index (κ1) is 15.1. The molecule has 0 amide bonds. The molecule has 1 atom stereocenters. The SMILES string of the molecule is Cl.N[C@H](c1c(F)ccc(F)c1O)C1CCOCC1. The summed E-state index contributed by atoms with van der Waals surface area (Å²) in [5.41, 5.74) is 5.79. The fourth-order valence-corrected chi connectivity index (χ4v) is 2.18. The van der Waals surface area contributed by atoms with Crippen LogP contribution in [0.5, 0.6) is 5.75 Å². The maximum Gasteiger partial charge on any atom is 0.165 e. The van der Waals surface area contributed by atoms with Crippen molar-refractivity contribution < 1.29 is 18.6 Å². The Morgan fingerprint density at radius 3 is 2.39 bits per heavy atom. The Labute approximate surface area is 110 Å². The van der Waals surface area contributed by atoms with Gasteiger partial charge in [-0.05, 0) is 30.9 Å². The first-order valence-electron chi connectivity index (χ1n) is 5.61. The topological polar surface area (TPSA) is 55.5 Å². The van der Waals surface area contributed by atoms with Gasteiger partial charge in [-0.2, -0.15) is 0 Å². The third kappa shape index (κ3) is 2.91. The van der Waals surface area contributed by atoms with Crippen LogP contribution >= 0.6 is 12.4 Å². The summed E-state index contributed by atoms with van der Waals surface area (Å²) >= 11 is 0. The van der Waals surface area contributed by atoms with E-state index in [1.165, 1.54) is 0 Å². The average molecular weight is 280 g/mol. The Hall–Kier alpha value is -0.910. The minimum Gasteiger partial charge on any atom is -0.505 e. The number of ether oxygens (including phenoxy) is 1. The molecular formula is C12H16ClF2NO2. The third-order valence-corrected chi connectivity index (χ3v) is 3.22. The fourth-order valence-electron chi connectivity index (χ4n) is 2.18. The molecule has 1 aromatic rings. The van der Waals surface area contributed by atoms with E-state index >= 15 is 0 Å². The van der Waals surface area contributed by atoms with Gasteiger partial charge in [0.25, 0.3) is 0 Å². The van der Waals surface area contributed by atoms with Gasteiger partial charge in [0.05, 0.1) is 0 Å². The molecule has 1 aliphatic heterocycles. The lowest BCUT2D eigenvalue weighted by molar-refractivity contribution is 0.0576. The predicted molar refractivity (Wildman–Crippen MR) is 65.7 cm³/mol. The molecule has 1 heterocycles. The van der Waals surface area contributed by atoms with Crippen LogP contribution in [0.15, 0.2) is 12.1 Å². The maximum atomic E-state index is 13.6. The number of aromatic hydroxyl groups is 1. The Balaban J connectivity index is 0.00000162. The number of rotatable bonds is 2. The van der Waals surface area contributed by atoms with E-state index in [0.29, 0.717) is 26.1 Å². The van der Waals surface area contributed by atoms with E-state index in [0.717, 1.165) is 12.1 Å². The van der Waals surface area contributed by atoms with Crippen molar-refractivity contribution in [3.8, 4) is 5.75 Å². The summed E-state index contributed by atoms with van der Waals surface area (Å²) in [6.07, 6.45) is 1.38. The zero-order valence-electron chi connectivity index (χ0n) is 9.73. The lowest BCUT2D eigenvalue weighted by Crippen LogP contribution is -2.28. The molecule has 0 aliphatic carbocycles. The van der Waals surface area contributed by atoms with Crippen LogP contribution in [0.2, 0.25) is 0 Å². The molecule has 2 rings (SSSR count). The Kier molecular flexibility index (Phi) is 5.31. The molecule has 1 saturated heterocycles. The molecule has 3 N–H and O–H groups in total. The first-order chi connectivity index (χ1) is 8.11. The molecular weight excluding hydrogens is 264 g/mol. The highest BCUT2D eigenvalue weighted by atomic mass is 35.5. The van der Waals surface area contributed by atoms with Crippen molar-refractivity contribution in [3.05, 3.63) is 29.3 Å². The number of nitrogens with two attached hydrogens (primary N) is 1. The van der Waals surface area contributed by atoms with Gasteiger partial charge in [0.15, 0.2) is 11.6 Å². The van der Waals surface area contributed by atoms with E-state index in [2.05, 4.69) is 0 Å². The highest BCUT2D eigenvalue weighted by Gasteiger charge is 2.27. The summed E-state index contributed by atoms with van der Waals surface area (Å²) in [5, 5.41) is 9.55. The van der Waals surface area contributed by atoms with Gasteiger partial charge in [-0.25, -0.2) is 8.78 Å². The summed E-state index contributed by atoms with van der Waals surface area (Å²) < 4.78 is 32.0. The number of halogens is 3. The van der Waals surface area contributed by atoms with Crippen LogP contribution < -0.4 is 5.73 Å². The van der Waals surface area contributed by atoms with Crippen molar-refractivity contribution in [2.75, 3.05) is 13.2 Å². The minimum absolute atomic E-state index is 0. The number of hydrogen-bond donors (Lipinski definition) is 2. The highest BCUT2D eigenvalue weighted by Crippen LogP contribution is 2.35. The molecule has 0 radical (unpaired) electrons. The summed E-state index contributed by atoms with van der Waals surface area (Å²) in [4.78, 5) is 0. The first-order valence-corrected chi connectivity index (χ1v) is 5.61. The molecule has 102 valence electrons. The van der Waals surface area contributed by atoms with Crippen molar-refractivity contribution in [1.29, 1.82) is 0 Å². The second kappa shape index (κ2) is 6.31. The van der Waals surface area contributed by atoms with E-state index < -0.39 is 23.4 Å². The second-order valence-electron chi connectivity index (χ2n) is 4.27. The molecule has 0 spiro atoms. The van der Waals surface area contributed by atoms with Gasteiger partial charge < -0.3 is 15.6 Å². The zero-order chi connectivity index (χ0) is 12.4. The Morgan fingerprint density at radius 2 is 1.78 bits per heavy atom. The van der Waals surface area contributed by atoms with Crippen LogP contribution in [0.1, 0.15) is 24.4 Å². The molecule has 0 saturated carbocycles. The normalized spacial score (nSPS) is 18.2. The average Bonchev–Trinajstić information content (AvgIpc) is 2.35. The molecule has 0 unspecified atom stereocenters. The van der Waals surface area contributed by atoms with Crippen LogP contribution in [-0.2, 0) is 4.74 Å². The predicted octanol–water partition coefficient (Wildman–Crippen LogP) is 2.52. The standard InChI is InChI=1S/C12H15F2NO2.ClH/c13-8-1-2-9(14)12(16)10(8)11(15)7-3-5-17-6-4-7;/h1-2,7,11,16H,3-6,15H2;1H/t11-;/m0./s1. The molecule has 0 bridgehead atoms. The van der Waals surface area contributed by atoms with Crippen molar-refractivity contribution >= 4 is 12.4 Å². The van der Waals surface area contributed by atoms with Crippen LogP contribution in [0.4, 0.5) is 8.78 Å². The lowest BCUT2D eigenvalue weighted by Gasteiger charge is -2.28. The van der Waals surface area contributed by atoms with E-state index in [1.54, 1.807) is 0 Å². The number of phenols is 1. The molecule has 0 aromatic heterocycles. The molecule has 1 fully saturated rings. The van der Waals surface area contributed by atoms with Gasteiger partial charge in [0.2, 0.25) is 0 Å². The summed E-state index contributed by atoms with van der Waals surface area (Å²) in [6, 6.07) is 1.18. The molecule has 6 heteroatoms. The zero-order valence-corrected chi connectivity index (χ0v) is 10.6. The van der Waals surface area contributed by atoms with Gasteiger partial charge in [0, 0.05) is 24.8 Å². The quantitative estimate of drug-likeness (QED) is 0.875. The Morgan fingerprint density at radius 1 is 1.22 bits per heavy atom. The van der Waals surface area contributed by atoms with Crippen LogP contribution in [0, 0.1) is 17.6 Å². The lowest BCUT2D eigenvalue weighted by atomic mass is 9.87. The van der Waals surface area contributed by atoms with Gasteiger partial charge in [-0.15, -0.1) is 12.4 Å². The van der Waals surface area contributed by atoms with E-state index in [-0.39, 0.29) is 23.9 Å². The van der Waals surface area contributed by atoms with Crippen LogP contribution in [0.25, 0.3) is 0 Å². The number of benzene rings is 1. The number of hydrogen-bond acceptors (Lipinski definition) is 3. The van der Waals surface area contributed by atoms with Crippen molar-refractivity contribution in [3.63, 3.8) is 0 Å². The van der Waals surface area contributed by atoms with Gasteiger partial charge in [0.1, 0.15) is 5.82 Å². The largest absolute Gasteiger partial charge is 0.505 e. The van der Waals surface area contributed by atoms with E-state index in [1.807, 2.05) is 0 Å². The number of phenolic OH excluding ortho intramolecular Hbond substituents is 1. The fraction of sp³-hybridized carbons (Fsp3) is 0.500. The second-order valence-corrected chi connectivity index (χ2v) is 4.27. The summed E-state index contributed by atoms with van der Waals surface area (Å²) in [5.74, 6) is -2.18. The highest BCUT2D eigenvalue weighted by molar-refractivity contribution is 5.85. The van der Waals surface area contributed by atoms with Gasteiger partial charge in [-0.1, -0.05) is 0 Å². The van der Waals surface area contributed by atoms with Crippen molar-refractivity contribution in [2.45, 2.75) is 18.9 Å². The minimum atomic E-state index is -0.844. The summed E-state index contributed by atoms with van der Waals surface area (Å²) in [7, 11) is 0. The van der Waals surface area contributed by atoms with E-state index in [4.69, 9.17) is 10.5 Å². The van der Waals surface area contributed by atoms with Gasteiger partial charge >= 0.3 is 0 Å². The maximum absolute atomic E-state index is 13.6. The summed E-state index contributed by atoms with van der Waals surface area (Å²) in [6.45, 7) is 1.13. The smallest absolute Gasteiger partial charge is 0.165 e. The van der Waals surface area contributed by atoms with Crippen LogP contribution in [-0.4, -0.2) is 18.3 Å². The monoisotopic (exact) mass is 279 g/mol. The third-order valence-electron chi connectivity index (χ3n) is 3.22. The molecule has 3 nitrogen and oxygen atoms in total. The molecule has 18 heavy (non-hydrogen) atoms.